The van der Waals surface area contributed by atoms with Gasteiger partial charge in [0.05, 0.1) is 4.90 Å². The van der Waals surface area contributed by atoms with E-state index in [0.29, 0.717) is 18.5 Å². The van der Waals surface area contributed by atoms with Crippen molar-refractivity contribution in [3.8, 4) is 0 Å². The number of fused-ring (bicyclic) bond motifs is 1. The second kappa shape index (κ2) is 7.82. The molecule has 0 spiro atoms. The minimum absolute atomic E-state index is 0.127. The fourth-order valence-electron chi connectivity index (χ4n) is 3.41. The second-order valence-electron chi connectivity index (χ2n) is 6.92. The van der Waals surface area contributed by atoms with Gasteiger partial charge in [-0.25, -0.2) is 21.2 Å². The van der Waals surface area contributed by atoms with E-state index in [-0.39, 0.29) is 17.1 Å². The number of benzene rings is 3. The van der Waals surface area contributed by atoms with Gasteiger partial charge in [0.15, 0.2) is 0 Å². The first-order valence-corrected chi connectivity index (χ1v) is 12.1. The number of rotatable bonds is 5. The van der Waals surface area contributed by atoms with E-state index in [1.165, 1.54) is 22.5 Å². The maximum absolute atomic E-state index is 13.9. The monoisotopic (exact) mass is 446 g/mol. The molecule has 0 aliphatic carbocycles. The molecule has 0 bridgehead atoms. The Morgan fingerprint density at radius 1 is 0.833 bits per heavy atom. The second-order valence-corrected chi connectivity index (χ2v) is 10.5. The predicted octanol–water partition coefficient (Wildman–Crippen LogP) is 3.37. The summed E-state index contributed by atoms with van der Waals surface area (Å²) in [6.45, 7) is 0.465. The lowest BCUT2D eigenvalue weighted by Crippen LogP contribution is -2.36. The molecule has 0 saturated carbocycles. The van der Waals surface area contributed by atoms with Crippen molar-refractivity contribution in [2.24, 2.45) is 0 Å². The highest BCUT2D eigenvalue weighted by Gasteiger charge is 2.28. The molecule has 0 atom stereocenters. The van der Waals surface area contributed by atoms with E-state index >= 15 is 0 Å². The first-order chi connectivity index (χ1) is 14.3. The van der Waals surface area contributed by atoms with Crippen LogP contribution in [0.25, 0.3) is 0 Å². The van der Waals surface area contributed by atoms with E-state index in [2.05, 4.69) is 4.72 Å². The minimum atomic E-state index is -4.11. The molecule has 3 aromatic carbocycles. The lowest BCUT2D eigenvalue weighted by Gasteiger charge is -2.28. The van der Waals surface area contributed by atoms with Crippen LogP contribution in [-0.2, 0) is 33.0 Å². The third-order valence-corrected chi connectivity index (χ3v) is 8.22. The summed E-state index contributed by atoms with van der Waals surface area (Å²) >= 11 is 0. The Balaban J connectivity index is 1.60. The number of hydrogen-bond acceptors (Lipinski definition) is 4. The Labute approximate surface area is 175 Å². The van der Waals surface area contributed by atoms with Crippen LogP contribution < -0.4 is 4.72 Å². The average molecular weight is 447 g/mol. The molecule has 0 fully saturated rings. The van der Waals surface area contributed by atoms with Crippen molar-refractivity contribution < 1.29 is 21.2 Å². The third-order valence-electron chi connectivity index (χ3n) is 4.94. The van der Waals surface area contributed by atoms with Crippen molar-refractivity contribution in [3.63, 3.8) is 0 Å². The van der Waals surface area contributed by atoms with Crippen LogP contribution in [0, 0.1) is 5.82 Å². The van der Waals surface area contributed by atoms with Gasteiger partial charge in [-0.15, -0.1) is 0 Å². The Kier molecular flexibility index (Phi) is 5.35. The van der Waals surface area contributed by atoms with E-state index < -0.39 is 30.8 Å². The minimum Gasteiger partial charge on any atom is -0.280 e. The lowest BCUT2D eigenvalue weighted by atomic mass is 10.0. The molecule has 0 amide bonds. The first kappa shape index (κ1) is 20.5. The van der Waals surface area contributed by atoms with Gasteiger partial charge >= 0.3 is 0 Å². The van der Waals surface area contributed by atoms with Gasteiger partial charge in [-0.1, -0.05) is 36.4 Å². The largest absolute Gasteiger partial charge is 0.280 e. The molecule has 0 saturated heterocycles. The third kappa shape index (κ3) is 3.96. The van der Waals surface area contributed by atoms with Crippen LogP contribution in [0.2, 0.25) is 0 Å². The Bertz CT molecular complexity index is 1290. The van der Waals surface area contributed by atoms with Gasteiger partial charge < -0.3 is 0 Å². The van der Waals surface area contributed by atoms with Gasteiger partial charge in [-0.3, -0.25) is 4.72 Å². The fraction of sp³-hybridized carbons (Fsp3) is 0.143. The summed E-state index contributed by atoms with van der Waals surface area (Å²) in [6, 6.07) is 18.2. The summed E-state index contributed by atoms with van der Waals surface area (Å²) in [5.74, 6) is -0.844. The summed E-state index contributed by atoms with van der Waals surface area (Å²) < 4.78 is 68.6. The topological polar surface area (TPSA) is 83.6 Å². The van der Waals surface area contributed by atoms with Gasteiger partial charge in [0.1, 0.15) is 10.7 Å². The molecule has 1 aliphatic heterocycles. The smallest absolute Gasteiger partial charge is 0.264 e. The van der Waals surface area contributed by atoms with Crippen LogP contribution in [0.15, 0.2) is 82.6 Å². The Hall–Kier alpha value is -2.75. The number of anilines is 1. The molecule has 156 valence electrons. The number of sulfonamides is 2. The molecule has 3 aromatic rings. The van der Waals surface area contributed by atoms with Crippen LogP contribution in [0.1, 0.15) is 11.1 Å². The quantitative estimate of drug-likeness (QED) is 0.651. The van der Waals surface area contributed by atoms with E-state index in [4.69, 9.17) is 0 Å². The Morgan fingerprint density at radius 2 is 1.53 bits per heavy atom. The van der Waals surface area contributed by atoms with E-state index in [1.54, 1.807) is 48.5 Å². The van der Waals surface area contributed by atoms with Crippen LogP contribution in [0.4, 0.5) is 10.1 Å². The van der Waals surface area contributed by atoms with Gasteiger partial charge in [0.2, 0.25) is 10.0 Å². The zero-order valence-electron chi connectivity index (χ0n) is 15.8. The number of halogens is 1. The number of nitrogens with one attached hydrogen (secondary N) is 1. The summed E-state index contributed by atoms with van der Waals surface area (Å²) in [6.07, 6.45) is 0.516. The molecule has 4 rings (SSSR count). The van der Waals surface area contributed by atoms with Crippen LogP contribution in [0.5, 0.6) is 0 Å². The zero-order chi connectivity index (χ0) is 21.4. The summed E-state index contributed by atoms with van der Waals surface area (Å²) in [4.78, 5) is -0.235. The summed E-state index contributed by atoms with van der Waals surface area (Å²) in [7, 11) is -7.77. The molecule has 30 heavy (non-hydrogen) atoms. The van der Waals surface area contributed by atoms with Gasteiger partial charge in [-0.2, -0.15) is 4.31 Å². The van der Waals surface area contributed by atoms with Gasteiger partial charge in [0.25, 0.3) is 10.0 Å². The summed E-state index contributed by atoms with van der Waals surface area (Å²) in [5.41, 5.74) is 1.90. The molecular formula is C21H19FN2O4S2. The molecule has 0 radical (unpaired) electrons. The highest BCUT2D eigenvalue weighted by Crippen LogP contribution is 2.28. The van der Waals surface area contributed by atoms with E-state index in [9.17, 15) is 21.2 Å². The average Bonchev–Trinajstić information content (AvgIpc) is 2.73. The fourth-order valence-corrected chi connectivity index (χ4v) is 5.98. The van der Waals surface area contributed by atoms with Crippen molar-refractivity contribution in [2.45, 2.75) is 22.8 Å². The zero-order valence-corrected chi connectivity index (χ0v) is 17.5. The normalized spacial score (nSPS) is 14.8. The molecule has 1 N–H and O–H groups in total. The summed E-state index contributed by atoms with van der Waals surface area (Å²) in [5, 5.41) is 0. The number of hydrogen-bond donors (Lipinski definition) is 1. The van der Waals surface area contributed by atoms with Gasteiger partial charge in [0, 0.05) is 18.8 Å². The Morgan fingerprint density at radius 3 is 2.27 bits per heavy atom. The molecule has 1 heterocycles. The lowest BCUT2D eigenvalue weighted by molar-refractivity contribution is 0.391. The van der Waals surface area contributed by atoms with Crippen molar-refractivity contribution in [2.75, 3.05) is 11.3 Å². The van der Waals surface area contributed by atoms with Crippen LogP contribution in [0.3, 0.4) is 0 Å². The molecular weight excluding hydrogens is 427 g/mol. The highest BCUT2D eigenvalue weighted by molar-refractivity contribution is 7.92. The maximum atomic E-state index is 13.9. The molecule has 0 unspecified atom stereocenters. The van der Waals surface area contributed by atoms with Crippen LogP contribution >= 0.6 is 0 Å². The van der Waals surface area contributed by atoms with Crippen molar-refractivity contribution in [1.82, 2.24) is 4.31 Å². The van der Waals surface area contributed by atoms with Crippen molar-refractivity contribution in [3.05, 3.63) is 89.7 Å². The van der Waals surface area contributed by atoms with Gasteiger partial charge in [-0.05, 0) is 53.9 Å². The number of nitrogens with zero attached hydrogens (tertiary/aromatic N) is 1. The molecule has 1 aliphatic rings. The first-order valence-electron chi connectivity index (χ1n) is 9.22. The molecule has 6 nitrogen and oxygen atoms in total. The highest BCUT2D eigenvalue weighted by atomic mass is 32.2. The standard InChI is InChI=1S/C21H19FN2O4S2/c22-20-8-4-5-9-21(20)29(25,26)23-18-11-10-16-12-13-24(15-17(16)14-18)30(27,28)19-6-2-1-3-7-19/h1-11,14,23H,12-13,15H2. The molecule has 9 heteroatoms. The predicted molar refractivity (Wildman–Crippen MR) is 111 cm³/mol. The SMILES string of the molecule is O=S(=O)(Nc1ccc2c(c1)CN(S(=O)(=O)c1ccccc1)CC2)c1ccccc1F. The van der Waals surface area contributed by atoms with Crippen LogP contribution in [-0.4, -0.2) is 27.7 Å². The van der Waals surface area contributed by atoms with E-state index in [0.717, 1.165) is 11.6 Å². The maximum Gasteiger partial charge on any atom is 0.264 e. The van der Waals surface area contributed by atoms with E-state index in [1.807, 2.05) is 0 Å². The van der Waals surface area contributed by atoms with Crippen molar-refractivity contribution >= 4 is 25.7 Å². The van der Waals surface area contributed by atoms with Crippen molar-refractivity contribution in [1.29, 1.82) is 0 Å². The molecule has 0 aromatic heterocycles.